The van der Waals surface area contributed by atoms with E-state index in [0.29, 0.717) is 5.56 Å². The summed E-state index contributed by atoms with van der Waals surface area (Å²) in [5.41, 5.74) is 2.27. The number of hydrogen-bond acceptors (Lipinski definition) is 2. The van der Waals surface area contributed by atoms with Crippen LogP contribution in [0.15, 0.2) is 41.3 Å². The average molecular weight is 271 g/mol. The average Bonchev–Trinajstić information content (AvgIpc) is 2.37. The summed E-state index contributed by atoms with van der Waals surface area (Å²) >= 11 is 0. The highest BCUT2D eigenvalue weighted by molar-refractivity contribution is 5.43. The van der Waals surface area contributed by atoms with Crippen LogP contribution in [-0.4, -0.2) is 9.67 Å². The summed E-state index contributed by atoms with van der Waals surface area (Å²) in [5, 5.41) is 10.1. The minimum Gasteiger partial charge on any atom is -0.386 e. The number of pyridine rings is 1. The van der Waals surface area contributed by atoms with Gasteiger partial charge in [0.15, 0.2) is 5.43 Å². The van der Waals surface area contributed by atoms with Crippen LogP contribution in [0.4, 0.5) is 0 Å². The lowest BCUT2D eigenvalue weighted by Gasteiger charge is -2.21. The van der Waals surface area contributed by atoms with Gasteiger partial charge in [0.1, 0.15) is 0 Å². The molecule has 0 spiro atoms. The second kappa shape index (κ2) is 5.25. The molecule has 2 rings (SSSR count). The van der Waals surface area contributed by atoms with Crippen LogP contribution in [0.25, 0.3) is 5.69 Å². The highest BCUT2D eigenvalue weighted by Crippen LogP contribution is 2.21. The van der Waals surface area contributed by atoms with Gasteiger partial charge in [0.25, 0.3) is 0 Å². The summed E-state index contributed by atoms with van der Waals surface area (Å²) in [6, 6.07) is 9.69. The first kappa shape index (κ1) is 14.5. The van der Waals surface area contributed by atoms with Gasteiger partial charge in [-0.3, -0.25) is 4.79 Å². The smallest absolute Gasteiger partial charge is 0.187 e. The van der Waals surface area contributed by atoms with E-state index in [4.69, 9.17) is 0 Å². The lowest BCUT2D eigenvalue weighted by molar-refractivity contribution is 0.0769. The largest absolute Gasteiger partial charge is 0.386 e. The van der Waals surface area contributed by atoms with Gasteiger partial charge < -0.3 is 9.67 Å². The van der Waals surface area contributed by atoms with Crippen molar-refractivity contribution in [2.24, 2.45) is 0 Å². The van der Waals surface area contributed by atoms with Crippen molar-refractivity contribution < 1.29 is 5.11 Å². The zero-order chi connectivity index (χ0) is 14.9. The highest BCUT2D eigenvalue weighted by atomic mass is 16.3. The quantitative estimate of drug-likeness (QED) is 0.932. The summed E-state index contributed by atoms with van der Waals surface area (Å²) in [5.74, 6) is 0. The zero-order valence-corrected chi connectivity index (χ0v) is 12.5. The third-order valence-corrected chi connectivity index (χ3v) is 3.53. The number of nitrogens with zero attached hydrogens (tertiary/aromatic N) is 1. The number of para-hydroxylation sites is 1. The Balaban J connectivity index is 2.72. The van der Waals surface area contributed by atoms with E-state index in [1.54, 1.807) is 26.1 Å². The maximum Gasteiger partial charge on any atom is 0.187 e. The monoisotopic (exact) mass is 271 g/mol. The molecule has 0 fully saturated rings. The molecule has 0 aliphatic heterocycles. The number of benzene rings is 1. The van der Waals surface area contributed by atoms with Gasteiger partial charge in [-0.15, -0.1) is 0 Å². The number of hydrogen-bond donors (Lipinski definition) is 1. The highest BCUT2D eigenvalue weighted by Gasteiger charge is 2.21. The van der Waals surface area contributed by atoms with Crippen LogP contribution in [0.3, 0.4) is 0 Å². The van der Waals surface area contributed by atoms with Gasteiger partial charge in [-0.05, 0) is 38.8 Å². The van der Waals surface area contributed by atoms with E-state index < -0.39 is 5.60 Å². The Labute approximate surface area is 119 Å². The maximum atomic E-state index is 12.1. The van der Waals surface area contributed by atoms with E-state index in [0.717, 1.165) is 17.8 Å². The van der Waals surface area contributed by atoms with Crippen LogP contribution in [0.5, 0.6) is 0 Å². The second-order valence-electron chi connectivity index (χ2n) is 5.60. The van der Waals surface area contributed by atoms with Gasteiger partial charge in [0, 0.05) is 29.2 Å². The Morgan fingerprint density at radius 2 is 1.90 bits per heavy atom. The number of aryl methyl sites for hydroxylation is 2. The summed E-state index contributed by atoms with van der Waals surface area (Å²) in [7, 11) is 0. The fraction of sp³-hybridized carbons (Fsp3) is 0.353. The molecule has 0 amide bonds. The minimum absolute atomic E-state index is 0.125. The Bertz CT molecular complexity index is 678. The molecule has 0 saturated heterocycles. The first-order valence-corrected chi connectivity index (χ1v) is 6.89. The lowest BCUT2D eigenvalue weighted by Crippen LogP contribution is -2.27. The van der Waals surface area contributed by atoms with Gasteiger partial charge in [-0.25, -0.2) is 0 Å². The molecule has 3 nitrogen and oxygen atoms in total. The minimum atomic E-state index is -1.15. The molecular weight excluding hydrogens is 250 g/mol. The van der Waals surface area contributed by atoms with E-state index in [2.05, 4.69) is 13.0 Å². The van der Waals surface area contributed by atoms with Crippen molar-refractivity contribution in [2.45, 2.75) is 39.7 Å². The van der Waals surface area contributed by atoms with E-state index in [9.17, 15) is 9.90 Å². The molecule has 2 aromatic rings. The Hall–Kier alpha value is -1.87. The summed E-state index contributed by atoms with van der Waals surface area (Å²) < 4.78 is 1.98. The first-order chi connectivity index (χ1) is 9.34. The van der Waals surface area contributed by atoms with Crippen molar-refractivity contribution >= 4 is 0 Å². The third kappa shape index (κ3) is 2.68. The first-order valence-electron chi connectivity index (χ1n) is 6.89. The SMILES string of the molecule is CCc1ccccc1-n1cc(C(C)(C)O)c(=O)cc1C. The van der Waals surface area contributed by atoms with Crippen LogP contribution < -0.4 is 5.43 Å². The summed E-state index contributed by atoms with van der Waals surface area (Å²) in [6.07, 6.45) is 2.67. The summed E-state index contributed by atoms with van der Waals surface area (Å²) in [6.45, 7) is 7.28. The lowest BCUT2D eigenvalue weighted by atomic mass is 9.99. The number of aromatic nitrogens is 1. The fourth-order valence-electron chi connectivity index (χ4n) is 2.40. The van der Waals surface area contributed by atoms with Crippen molar-refractivity contribution in [1.82, 2.24) is 4.57 Å². The molecule has 0 bridgehead atoms. The van der Waals surface area contributed by atoms with E-state index in [1.807, 2.05) is 29.7 Å². The van der Waals surface area contributed by atoms with Crippen molar-refractivity contribution in [3.63, 3.8) is 0 Å². The Morgan fingerprint density at radius 1 is 1.25 bits per heavy atom. The molecule has 1 N–H and O–H groups in total. The molecule has 0 saturated carbocycles. The molecular formula is C17H21NO2. The molecule has 1 heterocycles. The molecule has 3 heteroatoms. The van der Waals surface area contributed by atoms with E-state index >= 15 is 0 Å². The number of rotatable bonds is 3. The molecule has 20 heavy (non-hydrogen) atoms. The van der Waals surface area contributed by atoms with Crippen LogP contribution in [0, 0.1) is 6.92 Å². The molecule has 0 atom stereocenters. The normalized spacial score (nSPS) is 11.7. The fourth-order valence-corrected chi connectivity index (χ4v) is 2.40. The van der Waals surface area contributed by atoms with Crippen molar-refractivity contribution in [1.29, 1.82) is 0 Å². The summed E-state index contributed by atoms with van der Waals surface area (Å²) in [4.78, 5) is 12.1. The maximum absolute atomic E-state index is 12.1. The number of aliphatic hydroxyl groups is 1. The van der Waals surface area contributed by atoms with E-state index in [-0.39, 0.29) is 5.43 Å². The van der Waals surface area contributed by atoms with Crippen LogP contribution >= 0.6 is 0 Å². The van der Waals surface area contributed by atoms with Gasteiger partial charge in [-0.1, -0.05) is 25.1 Å². The van der Waals surface area contributed by atoms with Gasteiger partial charge >= 0.3 is 0 Å². The molecule has 106 valence electrons. The van der Waals surface area contributed by atoms with Crippen molar-refractivity contribution in [3.05, 3.63) is 63.6 Å². The van der Waals surface area contributed by atoms with Gasteiger partial charge in [0.05, 0.1) is 5.60 Å². The molecule has 0 radical (unpaired) electrons. The molecule has 1 aromatic heterocycles. The van der Waals surface area contributed by atoms with Crippen molar-refractivity contribution in [3.8, 4) is 5.69 Å². The van der Waals surface area contributed by atoms with Crippen LogP contribution in [-0.2, 0) is 12.0 Å². The molecule has 0 aliphatic carbocycles. The van der Waals surface area contributed by atoms with Gasteiger partial charge in [0.2, 0.25) is 0 Å². The van der Waals surface area contributed by atoms with E-state index in [1.165, 1.54) is 5.56 Å². The molecule has 0 aliphatic rings. The molecule has 1 aromatic carbocycles. The Morgan fingerprint density at radius 3 is 2.50 bits per heavy atom. The molecule has 0 unspecified atom stereocenters. The van der Waals surface area contributed by atoms with Crippen LogP contribution in [0.2, 0.25) is 0 Å². The second-order valence-corrected chi connectivity index (χ2v) is 5.60. The third-order valence-electron chi connectivity index (χ3n) is 3.53. The van der Waals surface area contributed by atoms with Gasteiger partial charge in [-0.2, -0.15) is 0 Å². The topological polar surface area (TPSA) is 42.2 Å². The zero-order valence-electron chi connectivity index (χ0n) is 12.5. The van der Waals surface area contributed by atoms with Crippen molar-refractivity contribution in [2.75, 3.05) is 0 Å². The Kier molecular flexibility index (Phi) is 3.82. The standard InChI is InChI=1S/C17H21NO2/c1-5-13-8-6-7-9-15(13)18-11-14(17(3,4)20)16(19)10-12(18)2/h6-11,20H,5H2,1-4H3. The predicted octanol–water partition coefficient (Wildman–Crippen LogP) is 2.94. The van der Waals surface area contributed by atoms with Crippen LogP contribution in [0.1, 0.15) is 37.6 Å². The predicted molar refractivity (Wildman–Crippen MR) is 81.4 cm³/mol.